The van der Waals surface area contributed by atoms with Gasteiger partial charge in [0.15, 0.2) is 0 Å². The molecule has 0 aliphatic rings. The highest BCUT2D eigenvalue weighted by atomic mass is 35.5. The molecule has 0 fully saturated rings. The van der Waals surface area contributed by atoms with Crippen LogP contribution in [0.4, 0.5) is 5.69 Å². The van der Waals surface area contributed by atoms with Crippen molar-refractivity contribution >= 4 is 39.1 Å². The van der Waals surface area contributed by atoms with Gasteiger partial charge in [-0.05, 0) is 67.8 Å². The molecule has 3 rings (SSSR count). The maximum atomic E-state index is 14.0. The first-order valence-corrected chi connectivity index (χ1v) is 15.2. The molecule has 214 valence electrons. The topological polar surface area (TPSA) is 96.0 Å². The number of nitrogens with zero attached hydrogens (tertiary/aromatic N) is 2. The molecule has 2 amide bonds. The molecule has 1 N–H and O–H groups in total. The molecular weight excluding hydrogens is 550 g/mol. The molecule has 40 heavy (non-hydrogen) atoms. The lowest BCUT2D eigenvalue weighted by molar-refractivity contribution is -0.140. The zero-order chi connectivity index (χ0) is 29.1. The van der Waals surface area contributed by atoms with E-state index >= 15 is 0 Å². The fourth-order valence-corrected chi connectivity index (χ4v) is 5.85. The van der Waals surface area contributed by atoms with E-state index in [2.05, 4.69) is 5.32 Å². The van der Waals surface area contributed by atoms with Crippen LogP contribution in [0.15, 0.2) is 83.8 Å². The third kappa shape index (κ3) is 7.76. The molecule has 0 radical (unpaired) electrons. The summed E-state index contributed by atoms with van der Waals surface area (Å²) in [4.78, 5) is 28.6. The van der Waals surface area contributed by atoms with Gasteiger partial charge >= 0.3 is 0 Å². The average Bonchev–Trinajstić information content (AvgIpc) is 2.96. The lowest BCUT2D eigenvalue weighted by Gasteiger charge is -2.33. The van der Waals surface area contributed by atoms with Crippen molar-refractivity contribution in [2.45, 2.75) is 51.1 Å². The van der Waals surface area contributed by atoms with Crippen molar-refractivity contribution in [3.63, 3.8) is 0 Å². The summed E-state index contributed by atoms with van der Waals surface area (Å²) in [6.45, 7) is 6.05. The zero-order valence-corrected chi connectivity index (χ0v) is 24.6. The van der Waals surface area contributed by atoms with Gasteiger partial charge in [-0.1, -0.05) is 61.8 Å². The molecule has 0 saturated carbocycles. The third-order valence-electron chi connectivity index (χ3n) is 6.28. The van der Waals surface area contributed by atoms with Gasteiger partial charge in [-0.15, -0.1) is 0 Å². The van der Waals surface area contributed by atoms with Crippen LogP contribution in [-0.2, 0) is 26.2 Å². The Bertz CT molecular complexity index is 1370. The average molecular weight is 586 g/mol. The molecule has 0 saturated heterocycles. The standard InChI is InChI=1S/C30H36ClN3O5S/c1-4-20-32-30(36)28(5-2)33(21-23-12-10-11-15-27(23)31)29(35)22-34(24-16-18-25(19-17-24)39-6-3)40(37,38)26-13-8-7-9-14-26/h7-19,28H,4-6,20-22H2,1-3H3,(H,32,36)/t28-/m1/s1. The number of amides is 2. The molecule has 0 unspecified atom stereocenters. The molecule has 3 aromatic carbocycles. The Morgan fingerprint density at radius 3 is 2.17 bits per heavy atom. The van der Waals surface area contributed by atoms with E-state index in [9.17, 15) is 18.0 Å². The second-order valence-corrected chi connectivity index (χ2v) is 11.3. The number of sulfonamides is 1. The van der Waals surface area contributed by atoms with Crippen molar-refractivity contribution < 1.29 is 22.7 Å². The van der Waals surface area contributed by atoms with Crippen LogP contribution in [0, 0.1) is 0 Å². The first-order chi connectivity index (χ1) is 19.2. The van der Waals surface area contributed by atoms with Crippen molar-refractivity contribution in [1.29, 1.82) is 0 Å². The van der Waals surface area contributed by atoms with E-state index in [1.807, 2.05) is 20.8 Å². The van der Waals surface area contributed by atoms with Gasteiger partial charge in [-0.2, -0.15) is 0 Å². The minimum atomic E-state index is -4.14. The highest BCUT2D eigenvalue weighted by Crippen LogP contribution is 2.27. The molecule has 3 aromatic rings. The molecule has 0 aromatic heterocycles. The zero-order valence-electron chi connectivity index (χ0n) is 23.0. The summed E-state index contributed by atoms with van der Waals surface area (Å²) in [6, 6.07) is 20.7. The van der Waals surface area contributed by atoms with E-state index in [1.54, 1.807) is 66.7 Å². The fourth-order valence-electron chi connectivity index (χ4n) is 4.22. The summed E-state index contributed by atoms with van der Waals surface area (Å²) in [6.07, 6.45) is 1.07. The van der Waals surface area contributed by atoms with Crippen LogP contribution in [0.25, 0.3) is 0 Å². The number of rotatable bonds is 14. The number of hydrogen-bond acceptors (Lipinski definition) is 5. The van der Waals surface area contributed by atoms with Crippen molar-refractivity contribution in [3.05, 3.63) is 89.4 Å². The van der Waals surface area contributed by atoms with Gasteiger partial charge in [-0.3, -0.25) is 13.9 Å². The van der Waals surface area contributed by atoms with Gasteiger partial charge in [0, 0.05) is 18.1 Å². The molecule has 10 heteroatoms. The van der Waals surface area contributed by atoms with Crippen molar-refractivity contribution in [3.8, 4) is 5.75 Å². The predicted octanol–water partition coefficient (Wildman–Crippen LogP) is 5.27. The fraction of sp³-hybridized carbons (Fsp3) is 0.333. The summed E-state index contributed by atoms with van der Waals surface area (Å²) >= 11 is 6.42. The molecule has 8 nitrogen and oxygen atoms in total. The number of halogens is 1. The third-order valence-corrected chi connectivity index (χ3v) is 8.44. The molecular formula is C30H36ClN3O5S. The highest BCUT2D eigenvalue weighted by Gasteiger charge is 2.33. The quantitative estimate of drug-likeness (QED) is 0.278. The molecule has 0 aliphatic heterocycles. The smallest absolute Gasteiger partial charge is 0.264 e. The van der Waals surface area contributed by atoms with E-state index in [1.165, 1.54) is 17.0 Å². The van der Waals surface area contributed by atoms with Crippen LogP contribution in [0.1, 0.15) is 39.2 Å². The minimum Gasteiger partial charge on any atom is -0.494 e. The largest absolute Gasteiger partial charge is 0.494 e. The Hall–Kier alpha value is -3.56. The highest BCUT2D eigenvalue weighted by molar-refractivity contribution is 7.92. The Morgan fingerprint density at radius 1 is 0.925 bits per heavy atom. The number of ether oxygens (including phenoxy) is 1. The maximum absolute atomic E-state index is 14.0. The number of hydrogen-bond donors (Lipinski definition) is 1. The number of carbonyl (C=O) groups is 2. The first kappa shape index (κ1) is 31.0. The van der Waals surface area contributed by atoms with Crippen LogP contribution >= 0.6 is 11.6 Å². The summed E-state index contributed by atoms with van der Waals surface area (Å²) in [5.41, 5.74) is 0.944. The normalized spacial score (nSPS) is 11.9. The molecule has 1 atom stereocenters. The van der Waals surface area contributed by atoms with E-state index in [4.69, 9.17) is 16.3 Å². The summed E-state index contributed by atoms with van der Waals surface area (Å²) < 4.78 is 34.3. The molecule has 0 bridgehead atoms. The van der Waals surface area contributed by atoms with Crippen LogP contribution in [-0.4, -0.2) is 50.9 Å². The van der Waals surface area contributed by atoms with Crippen LogP contribution in [0.5, 0.6) is 5.75 Å². The predicted molar refractivity (Wildman–Crippen MR) is 158 cm³/mol. The molecule has 0 heterocycles. The SMILES string of the molecule is CCCNC(=O)[C@@H](CC)N(Cc1ccccc1Cl)C(=O)CN(c1ccc(OCC)cc1)S(=O)(=O)c1ccccc1. The van der Waals surface area contributed by atoms with Crippen molar-refractivity contribution in [2.75, 3.05) is 24.0 Å². The second-order valence-electron chi connectivity index (χ2n) is 9.08. The second kappa shape index (κ2) is 14.7. The summed E-state index contributed by atoms with van der Waals surface area (Å²) in [5, 5.41) is 3.32. The van der Waals surface area contributed by atoms with Gasteiger partial charge in [-0.25, -0.2) is 8.42 Å². The van der Waals surface area contributed by atoms with Gasteiger partial charge in [0.25, 0.3) is 10.0 Å². The Morgan fingerprint density at radius 2 is 1.57 bits per heavy atom. The Balaban J connectivity index is 2.05. The van der Waals surface area contributed by atoms with Gasteiger partial charge < -0.3 is 15.0 Å². The van der Waals surface area contributed by atoms with Crippen LogP contribution < -0.4 is 14.4 Å². The summed E-state index contributed by atoms with van der Waals surface area (Å²) in [5.74, 6) is -0.260. The lowest BCUT2D eigenvalue weighted by Crippen LogP contribution is -2.52. The van der Waals surface area contributed by atoms with Crippen molar-refractivity contribution in [1.82, 2.24) is 10.2 Å². The van der Waals surface area contributed by atoms with Gasteiger partial charge in [0.2, 0.25) is 11.8 Å². The van der Waals surface area contributed by atoms with E-state index in [-0.39, 0.29) is 17.3 Å². The summed E-state index contributed by atoms with van der Waals surface area (Å²) in [7, 11) is -4.14. The van der Waals surface area contributed by atoms with Crippen LogP contribution in [0.2, 0.25) is 5.02 Å². The number of nitrogens with one attached hydrogen (secondary N) is 1. The Labute approximate surface area is 241 Å². The minimum absolute atomic E-state index is 0.0407. The Kier molecular flexibility index (Phi) is 11.4. The first-order valence-electron chi connectivity index (χ1n) is 13.3. The van der Waals surface area contributed by atoms with E-state index in [0.717, 1.165) is 10.7 Å². The molecule has 0 aliphatic carbocycles. The van der Waals surface area contributed by atoms with Gasteiger partial charge in [0.05, 0.1) is 17.2 Å². The van der Waals surface area contributed by atoms with Crippen LogP contribution in [0.3, 0.4) is 0 Å². The molecule has 0 spiro atoms. The maximum Gasteiger partial charge on any atom is 0.264 e. The lowest BCUT2D eigenvalue weighted by atomic mass is 10.1. The number of anilines is 1. The number of benzene rings is 3. The monoisotopic (exact) mass is 585 g/mol. The number of carbonyl (C=O) groups excluding carboxylic acids is 2. The van der Waals surface area contributed by atoms with Crippen molar-refractivity contribution in [2.24, 2.45) is 0 Å². The van der Waals surface area contributed by atoms with Gasteiger partial charge in [0.1, 0.15) is 18.3 Å². The van der Waals surface area contributed by atoms with E-state index in [0.29, 0.717) is 41.6 Å². The van der Waals surface area contributed by atoms with E-state index < -0.39 is 28.5 Å².